The Labute approximate surface area is 164 Å². The molecule has 1 aliphatic rings. The number of fused-ring (bicyclic) bond motifs is 1. The van der Waals surface area contributed by atoms with Crippen molar-refractivity contribution in [2.75, 3.05) is 5.32 Å². The van der Waals surface area contributed by atoms with E-state index in [-0.39, 0.29) is 0 Å². The zero-order valence-corrected chi connectivity index (χ0v) is 15.5. The second-order valence-electron chi connectivity index (χ2n) is 7.06. The fourth-order valence-electron chi connectivity index (χ4n) is 3.62. The van der Waals surface area contributed by atoms with E-state index in [1.54, 1.807) is 12.4 Å². The topological polar surface area (TPSA) is 62.2 Å². The third-order valence-electron chi connectivity index (χ3n) is 5.11. The molecule has 4 nitrogen and oxygen atoms in total. The Bertz CT molecular complexity index is 995. The van der Waals surface area contributed by atoms with Gasteiger partial charge in [0.05, 0.1) is 0 Å². The van der Waals surface area contributed by atoms with Crippen LogP contribution in [-0.4, -0.2) is 22.1 Å². The number of hydrogen-bond acceptors (Lipinski definition) is 3. The van der Waals surface area contributed by atoms with Gasteiger partial charge in [0.15, 0.2) is 0 Å². The molecule has 1 unspecified atom stereocenters. The predicted molar refractivity (Wildman–Crippen MR) is 111 cm³/mol. The average Bonchev–Trinajstić information content (AvgIpc) is 3.13. The van der Waals surface area contributed by atoms with Crippen molar-refractivity contribution in [1.29, 1.82) is 0 Å². The van der Waals surface area contributed by atoms with Crippen LogP contribution in [0.25, 0.3) is 5.57 Å². The second kappa shape index (κ2) is 8.09. The number of carbonyl (C=O) groups is 1. The summed E-state index contributed by atoms with van der Waals surface area (Å²) in [4.78, 5) is 15.9. The van der Waals surface area contributed by atoms with Gasteiger partial charge in [0, 0.05) is 24.5 Å². The van der Waals surface area contributed by atoms with Crippen LogP contribution in [0.2, 0.25) is 0 Å². The maximum absolute atomic E-state index is 11.8. The highest BCUT2D eigenvalue weighted by atomic mass is 16.4. The van der Waals surface area contributed by atoms with E-state index in [2.05, 4.69) is 28.5 Å². The Balaban J connectivity index is 1.43. The van der Waals surface area contributed by atoms with Gasteiger partial charge in [-0.05, 0) is 64.9 Å². The molecular weight excluding hydrogens is 348 g/mol. The molecule has 1 aliphatic carbocycles. The smallest absolute Gasteiger partial charge is 0.326 e. The summed E-state index contributed by atoms with van der Waals surface area (Å²) in [5.74, 6) is -0.842. The molecule has 140 valence electrons. The van der Waals surface area contributed by atoms with Gasteiger partial charge in [-0.2, -0.15) is 0 Å². The van der Waals surface area contributed by atoms with Crippen LogP contribution in [0.4, 0.5) is 5.69 Å². The van der Waals surface area contributed by atoms with Crippen LogP contribution < -0.4 is 5.32 Å². The molecule has 0 aliphatic heterocycles. The zero-order valence-electron chi connectivity index (χ0n) is 15.5. The molecule has 1 atom stereocenters. The summed E-state index contributed by atoms with van der Waals surface area (Å²) in [6.45, 7) is 0. The van der Waals surface area contributed by atoms with E-state index in [4.69, 9.17) is 0 Å². The molecule has 28 heavy (non-hydrogen) atoms. The lowest BCUT2D eigenvalue weighted by Gasteiger charge is -2.17. The van der Waals surface area contributed by atoms with Crippen molar-refractivity contribution in [2.45, 2.75) is 25.3 Å². The van der Waals surface area contributed by atoms with Crippen molar-refractivity contribution in [3.8, 4) is 0 Å². The van der Waals surface area contributed by atoms with Crippen molar-refractivity contribution < 1.29 is 9.90 Å². The van der Waals surface area contributed by atoms with Gasteiger partial charge in [-0.25, -0.2) is 4.79 Å². The van der Waals surface area contributed by atoms with Gasteiger partial charge in [0.2, 0.25) is 0 Å². The zero-order chi connectivity index (χ0) is 19.3. The third kappa shape index (κ3) is 4.12. The molecule has 1 aromatic heterocycles. The number of anilines is 1. The molecule has 1 heterocycles. The molecule has 0 saturated carbocycles. The number of pyridine rings is 1. The summed E-state index contributed by atoms with van der Waals surface area (Å²) in [6, 6.07) is 19.5. The van der Waals surface area contributed by atoms with Crippen LogP contribution in [0.1, 0.15) is 28.7 Å². The van der Waals surface area contributed by atoms with Crippen LogP contribution in [0.15, 0.2) is 79.1 Å². The number of rotatable bonds is 7. The van der Waals surface area contributed by atoms with E-state index >= 15 is 0 Å². The Kier molecular flexibility index (Phi) is 5.20. The first-order valence-electron chi connectivity index (χ1n) is 9.43. The highest BCUT2D eigenvalue weighted by Crippen LogP contribution is 2.31. The number of aliphatic carboxylic acids is 1. The molecule has 2 N–H and O–H groups in total. The van der Waals surface area contributed by atoms with Crippen LogP contribution in [-0.2, 0) is 17.6 Å². The quantitative estimate of drug-likeness (QED) is 0.640. The number of nitrogens with zero attached hydrogens (tertiary/aromatic N) is 1. The summed E-state index contributed by atoms with van der Waals surface area (Å²) in [5, 5.41) is 12.9. The van der Waals surface area contributed by atoms with Gasteiger partial charge in [0.25, 0.3) is 0 Å². The van der Waals surface area contributed by atoms with Crippen LogP contribution in [0.5, 0.6) is 0 Å². The number of hydrogen-bond donors (Lipinski definition) is 2. The minimum absolute atomic E-state index is 0.463. The monoisotopic (exact) mass is 370 g/mol. The van der Waals surface area contributed by atoms with Crippen molar-refractivity contribution >= 4 is 17.2 Å². The van der Waals surface area contributed by atoms with E-state index in [1.807, 2.05) is 48.5 Å². The van der Waals surface area contributed by atoms with E-state index < -0.39 is 12.0 Å². The van der Waals surface area contributed by atoms with E-state index in [1.165, 1.54) is 22.3 Å². The summed E-state index contributed by atoms with van der Waals surface area (Å²) in [6.07, 6.45) is 7.89. The SMILES string of the molecule is O=C(O)C(CC1=CCc2ccccc21)Nc1ccc(Cc2ccncc2)cc1. The summed E-state index contributed by atoms with van der Waals surface area (Å²) in [7, 11) is 0. The first-order valence-corrected chi connectivity index (χ1v) is 9.43. The summed E-state index contributed by atoms with van der Waals surface area (Å²) >= 11 is 0. The fraction of sp³-hybridized carbons (Fsp3) is 0.167. The van der Waals surface area contributed by atoms with Crippen LogP contribution >= 0.6 is 0 Å². The summed E-state index contributed by atoms with van der Waals surface area (Å²) in [5.41, 5.74) is 6.73. The van der Waals surface area contributed by atoms with Crippen molar-refractivity contribution in [3.05, 3.63) is 101 Å². The lowest BCUT2D eigenvalue weighted by molar-refractivity contribution is -0.137. The first kappa shape index (κ1) is 18.0. The van der Waals surface area contributed by atoms with E-state index in [0.717, 1.165) is 24.1 Å². The maximum atomic E-state index is 11.8. The minimum atomic E-state index is -0.842. The lowest BCUT2D eigenvalue weighted by Crippen LogP contribution is -2.29. The number of carboxylic acids is 1. The molecule has 0 spiro atoms. The Morgan fingerprint density at radius 2 is 1.71 bits per heavy atom. The number of allylic oxidation sites excluding steroid dienone is 1. The molecule has 4 heteroatoms. The van der Waals surface area contributed by atoms with Crippen molar-refractivity contribution in [1.82, 2.24) is 4.98 Å². The highest BCUT2D eigenvalue weighted by Gasteiger charge is 2.22. The maximum Gasteiger partial charge on any atom is 0.326 e. The lowest BCUT2D eigenvalue weighted by atomic mass is 9.99. The van der Waals surface area contributed by atoms with Crippen LogP contribution in [0, 0.1) is 0 Å². The predicted octanol–water partition coefficient (Wildman–Crippen LogP) is 4.57. The fourth-order valence-corrected chi connectivity index (χ4v) is 3.62. The normalized spacial score (nSPS) is 13.5. The van der Waals surface area contributed by atoms with Gasteiger partial charge in [0.1, 0.15) is 6.04 Å². The number of carboxylic acid groups (broad SMARTS) is 1. The molecule has 4 rings (SSSR count). The minimum Gasteiger partial charge on any atom is -0.480 e. The molecular formula is C24H22N2O2. The van der Waals surface area contributed by atoms with Gasteiger partial charge in [-0.3, -0.25) is 4.98 Å². The standard InChI is InChI=1S/C24H22N2O2/c27-24(28)23(16-20-8-7-19-3-1-2-4-22(19)20)26-21-9-5-17(6-10-21)15-18-11-13-25-14-12-18/h1-6,8-14,23,26H,7,15-16H2,(H,27,28). The third-order valence-corrected chi connectivity index (χ3v) is 5.11. The van der Waals surface area contributed by atoms with Crippen LogP contribution in [0.3, 0.4) is 0 Å². The number of benzene rings is 2. The number of aromatic nitrogens is 1. The average molecular weight is 370 g/mol. The largest absolute Gasteiger partial charge is 0.480 e. The Morgan fingerprint density at radius 3 is 2.46 bits per heavy atom. The first-order chi connectivity index (χ1) is 13.7. The molecule has 2 aromatic carbocycles. The number of nitrogens with one attached hydrogen (secondary N) is 1. The highest BCUT2D eigenvalue weighted by molar-refractivity contribution is 5.83. The van der Waals surface area contributed by atoms with E-state index in [9.17, 15) is 9.90 Å². The van der Waals surface area contributed by atoms with Gasteiger partial charge in [-0.15, -0.1) is 0 Å². The van der Waals surface area contributed by atoms with Crippen molar-refractivity contribution in [3.63, 3.8) is 0 Å². The van der Waals surface area contributed by atoms with E-state index in [0.29, 0.717) is 6.42 Å². The van der Waals surface area contributed by atoms with Gasteiger partial charge >= 0.3 is 5.97 Å². The second-order valence-corrected chi connectivity index (χ2v) is 7.06. The van der Waals surface area contributed by atoms with Crippen molar-refractivity contribution in [2.24, 2.45) is 0 Å². The molecule has 0 saturated heterocycles. The Morgan fingerprint density at radius 1 is 1.00 bits per heavy atom. The molecule has 0 bridgehead atoms. The molecule has 0 amide bonds. The van der Waals surface area contributed by atoms with Gasteiger partial charge < -0.3 is 10.4 Å². The Hall–Kier alpha value is -3.40. The van der Waals surface area contributed by atoms with Gasteiger partial charge in [-0.1, -0.05) is 42.5 Å². The molecule has 3 aromatic rings. The molecule has 0 radical (unpaired) electrons. The summed E-state index contributed by atoms with van der Waals surface area (Å²) < 4.78 is 0. The molecule has 0 fully saturated rings.